The van der Waals surface area contributed by atoms with Gasteiger partial charge in [-0.1, -0.05) is 13.0 Å². The van der Waals surface area contributed by atoms with Crippen LogP contribution in [0.5, 0.6) is 0 Å². The summed E-state index contributed by atoms with van der Waals surface area (Å²) in [6.45, 7) is 2.52. The second kappa shape index (κ2) is 5.01. The summed E-state index contributed by atoms with van der Waals surface area (Å²) < 4.78 is 26.5. The van der Waals surface area contributed by atoms with Crippen LogP contribution in [0.2, 0.25) is 0 Å². The van der Waals surface area contributed by atoms with Crippen LogP contribution in [0.15, 0.2) is 24.5 Å². The summed E-state index contributed by atoms with van der Waals surface area (Å²) >= 11 is 0. The van der Waals surface area contributed by atoms with Crippen molar-refractivity contribution in [3.05, 3.63) is 47.5 Å². The summed E-state index contributed by atoms with van der Waals surface area (Å²) in [6.07, 6.45) is 1.35. The Balaban J connectivity index is 2.39. The van der Waals surface area contributed by atoms with E-state index in [0.29, 0.717) is 17.9 Å². The highest BCUT2D eigenvalue weighted by Gasteiger charge is 2.19. The van der Waals surface area contributed by atoms with Gasteiger partial charge in [-0.15, -0.1) is 0 Å². The van der Waals surface area contributed by atoms with Crippen molar-refractivity contribution in [3.8, 4) is 0 Å². The van der Waals surface area contributed by atoms with Crippen molar-refractivity contribution in [1.29, 1.82) is 0 Å². The zero-order valence-corrected chi connectivity index (χ0v) is 9.24. The molecule has 4 nitrogen and oxygen atoms in total. The maximum atomic E-state index is 13.7. The molecule has 2 N–H and O–H groups in total. The molecule has 90 valence electrons. The van der Waals surface area contributed by atoms with Crippen LogP contribution in [0.3, 0.4) is 0 Å². The van der Waals surface area contributed by atoms with E-state index in [1.807, 2.05) is 6.92 Å². The molecular formula is C11H12F2N4. The zero-order valence-electron chi connectivity index (χ0n) is 9.24. The van der Waals surface area contributed by atoms with Crippen LogP contribution in [0.25, 0.3) is 0 Å². The largest absolute Gasteiger partial charge is 0.304 e. The van der Waals surface area contributed by atoms with Crippen LogP contribution < -0.4 is 5.32 Å². The number of benzene rings is 1. The van der Waals surface area contributed by atoms with Crippen LogP contribution >= 0.6 is 0 Å². The second-order valence-electron chi connectivity index (χ2n) is 3.53. The van der Waals surface area contributed by atoms with Gasteiger partial charge in [0.2, 0.25) is 0 Å². The lowest BCUT2D eigenvalue weighted by Crippen LogP contribution is -2.24. The van der Waals surface area contributed by atoms with Crippen molar-refractivity contribution in [2.75, 3.05) is 6.54 Å². The van der Waals surface area contributed by atoms with E-state index in [0.717, 1.165) is 6.07 Å². The van der Waals surface area contributed by atoms with Crippen LogP contribution in [0, 0.1) is 11.6 Å². The van der Waals surface area contributed by atoms with Crippen molar-refractivity contribution in [2.45, 2.75) is 13.0 Å². The third-order valence-electron chi connectivity index (χ3n) is 2.39. The first kappa shape index (κ1) is 11.7. The molecule has 0 aliphatic heterocycles. The highest BCUT2D eigenvalue weighted by atomic mass is 19.1. The number of nitrogens with one attached hydrogen (secondary N) is 2. The number of H-pyrrole nitrogens is 1. The highest BCUT2D eigenvalue weighted by molar-refractivity contribution is 5.26. The van der Waals surface area contributed by atoms with E-state index in [2.05, 4.69) is 20.5 Å². The van der Waals surface area contributed by atoms with Crippen molar-refractivity contribution < 1.29 is 8.78 Å². The summed E-state index contributed by atoms with van der Waals surface area (Å²) in [5.74, 6) is -0.705. The van der Waals surface area contributed by atoms with E-state index in [9.17, 15) is 8.78 Å². The van der Waals surface area contributed by atoms with Gasteiger partial charge in [-0.2, -0.15) is 5.10 Å². The molecule has 0 saturated carbocycles. The Labute approximate surface area is 97.1 Å². The molecule has 0 bridgehead atoms. The summed E-state index contributed by atoms with van der Waals surface area (Å²) in [5.41, 5.74) is 0.338. The van der Waals surface area contributed by atoms with Gasteiger partial charge < -0.3 is 5.32 Å². The van der Waals surface area contributed by atoms with Crippen LogP contribution in [-0.4, -0.2) is 21.7 Å². The van der Waals surface area contributed by atoms with Crippen molar-refractivity contribution >= 4 is 0 Å². The van der Waals surface area contributed by atoms with E-state index >= 15 is 0 Å². The number of hydrogen-bond donors (Lipinski definition) is 2. The maximum Gasteiger partial charge on any atom is 0.146 e. The molecule has 6 heteroatoms. The van der Waals surface area contributed by atoms with E-state index in [-0.39, 0.29) is 0 Å². The minimum Gasteiger partial charge on any atom is -0.304 e. The minimum atomic E-state index is -0.604. The fraction of sp³-hybridized carbons (Fsp3) is 0.273. The van der Waals surface area contributed by atoms with Gasteiger partial charge >= 0.3 is 0 Å². The Kier molecular flexibility index (Phi) is 3.43. The normalized spacial score (nSPS) is 12.6. The Morgan fingerprint density at radius 2 is 2.24 bits per heavy atom. The Morgan fingerprint density at radius 3 is 2.82 bits per heavy atom. The molecule has 2 aromatic rings. The molecule has 0 fully saturated rings. The second-order valence-corrected chi connectivity index (χ2v) is 3.53. The number of aromatic nitrogens is 3. The minimum absolute atomic E-state index is 0.338. The fourth-order valence-corrected chi connectivity index (χ4v) is 1.65. The fourth-order valence-electron chi connectivity index (χ4n) is 1.65. The number of nitrogens with zero attached hydrogens (tertiary/aromatic N) is 2. The number of aromatic amines is 1. The molecule has 1 unspecified atom stereocenters. The molecule has 0 spiro atoms. The van der Waals surface area contributed by atoms with Gasteiger partial charge in [0.25, 0.3) is 0 Å². The lowest BCUT2D eigenvalue weighted by molar-refractivity contribution is 0.530. The predicted molar refractivity (Wildman–Crippen MR) is 58.3 cm³/mol. The van der Waals surface area contributed by atoms with E-state index in [1.165, 1.54) is 18.5 Å². The SMILES string of the molecule is CCNC(c1ncn[nH]1)c1ccc(F)cc1F. The van der Waals surface area contributed by atoms with Gasteiger partial charge in [-0.25, -0.2) is 13.8 Å². The molecule has 0 saturated heterocycles. The molecule has 17 heavy (non-hydrogen) atoms. The molecular weight excluding hydrogens is 226 g/mol. The Morgan fingerprint density at radius 1 is 1.41 bits per heavy atom. The highest BCUT2D eigenvalue weighted by Crippen LogP contribution is 2.22. The van der Waals surface area contributed by atoms with Crippen molar-refractivity contribution in [3.63, 3.8) is 0 Å². The Bertz CT molecular complexity index is 484. The van der Waals surface area contributed by atoms with E-state index < -0.39 is 17.7 Å². The molecule has 1 aromatic carbocycles. The van der Waals surface area contributed by atoms with Gasteiger partial charge in [0, 0.05) is 11.6 Å². The summed E-state index contributed by atoms with van der Waals surface area (Å²) in [5, 5.41) is 9.47. The first-order valence-corrected chi connectivity index (χ1v) is 5.26. The average molecular weight is 238 g/mol. The molecule has 1 heterocycles. The van der Waals surface area contributed by atoms with Crippen LogP contribution in [-0.2, 0) is 0 Å². The lowest BCUT2D eigenvalue weighted by Gasteiger charge is -2.16. The smallest absolute Gasteiger partial charge is 0.146 e. The van der Waals surface area contributed by atoms with Gasteiger partial charge in [-0.05, 0) is 12.6 Å². The Hall–Kier alpha value is -1.82. The standard InChI is InChI=1S/C11H12F2N4/c1-2-14-10(11-15-6-16-17-11)8-4-3-7(12)5-9(8)13/h3-6,10,14H,2H2,1H3,(H,15,16,17). The lowest BCUT2D eigenvalue weighted by atomic mass is 10.1. The van der Waals surface area contributed by atoms with Crippen molar-refractivity contribution in [2.24, 2.45) is 0 Å². The number of halogens is 2. The summed E-state index contributed by atoms with van der Waals surface area (Å²) in [4.78, 5) is 3.99. The predicted octanol–water partition coefficient (Wildman–Crippen LogP) is 1.78. The van der Waals surface area contributed by atoms with Crippen molar-refractivity contribution in [1.82, 2.24) is 20.5 Å². The van der Waals surface area contributed by atoms with E-state index in [1.54, 1.807) is 0 Å². The van der Waals surface area contributed by atoms with Gasteiger partial charge in [-0.3, -0.25) is 5.10 Å². The molecule has 0 aliphatic rings. The molecule has 1 aromatic heterocycles. The third kappa shape index (κ3) is 2.47. The third-order valence-corrected chi connectivity index (χ3v) is 2.39. The molecule has 1 atom stereocenters. The monoisotopic (exact) mass is 238 g/mol. The number of hydrogen-bond acceptors (Lipinski definition) is 3. The summed E-state index contributed by atoms with van der Waals surface area (Å²) in [6, 6.07) is 3.03. The quantitative estimate of drug-likeness (QED) is 0.853. The van der Waals surface area contributed by atoms with Gasteiger partial charge in [0.05, 0.1) is 6.04 Å². The van der Waals surface area contributed by atoms with E-state index in [4.69, 9.17) is 0 Å². The summed E-state index contributed by atoms with van der Waals surface area (Å²) in [7, 11) is 0. The van der Waals surface area contributed by atoms with Gasteiger partial charge in [0.15, 0.2) is 0 Å². The molecule has 0 amide bonds. The average Bonchev–Trinajstić information content (AvgIpc) is 2.80. The maximum absolute atomic E-state index is 13.7. The topological polar surface area (TPSA) is 53.6 Å². The first-order valence-electron chi connectivity index (χ1n) is 5.26. The van der Waals surface area contributed by atoms with Crippen LogP contribution in [0.4, 0.5) is 8.78 Å². The molecule has 0 aliphatic carbocycles. The number of rotatable bonds is 4. The van der Waals surface area contributed by atoms with Gasteiger partial charge in [0.1, 0.15) is 23.8 Å². The molecule has 0 radical (unpaired) electrons. The first-order chi connectivity index (χ1) is 8.22. The zero-order chi connectivity index (χ0) is 12.3. The van der Waals surface area contributed by atoms with Crippen LogP contribution in [0.1, 0.15) is 24.4 Å². The molecule has 2 rings (SSSR count).